The highest BCUT2D eigenvalue weighted by molar-refractivity contribution is 14.1. The van der Waals surface area contributed by atoms with Gasteiger partial charge in [-0.05, 0) is 54.4 Å². The molecule has 1 saturated heterocycles. The molecule has 5 heteroatoms. The molecule has 0 radical (unpaired) electrons. The summed E-state index contributed by atoms with van der Waals surface area (Å²) in [6.45, 7) is 18.0. The third-order valence-corrected chi connectivity index (χ3v) is 5.68. The molecular formula is C16H35IN4. The van der Waals surface area contributed by atoms with Crippen molar-refractivity contribution in [2.45, 2.75) is 77.5 Å². The predicted molar refractivity (Wildman–Crippen MR) is 101 cm³/mol. The fraction of sp³-hybridized carbons (Fsp3) is 1.00. The summed E-state index contributed by atoms with van der Waals surface area (Å²) in [6, 6.07) is 1.11. The minimum absolute atomic E-state index is 0.184. The molecule has 1 rings (SSSR count). The van der Waals surface area contributed by atoms with Gasteiger partial charge in [0.2, 0.25) is 0 Å². The van der Waals surface area contributed by atoms with Crippen molar-refractivity contribution in [1.29, 1.82) is 0 Å². The maximum Gasteiger partial charge on any atom is 0.0209 e. The van der Waals surface area contributed by atoms with Crippen LogP contribution in [0.3, 0.4) is 0 Å². The van der Waals surface area contributed by atoms with Crippen LogP contribution in [-0.4, -0.2) is 52.5 Å². The lowest BCUT2D eigenvalue weighted by atomic mass is 9.94. The Morgan fingerprint density at radius 2 is 1.48 bits per heavy atom. The van der Waals surface area contributed by atoms with Crippen LogP contribution in [0.5, 0.6) is 0 Å². The molecule has 0 amide bonds. The Labute approximate surface area is 145 Å². The van der Waals surface area contributed by atoms with Gasteiger partial charge in [0.05, 0.1) is 0 Å². The third kappa shape index (κ3) is 8.11. The van der Waals surface area contributed by atoms with Gasteiger partial charge < -0.3 is 16.0 Å². The van der Waals surface area contributed by atoms with Crippen LogP contribution in [0.1, 0.15) is 54.4 Å². The van der Waals surface area contributed by atoms with Gasteiger partial charge in [-0.15, -0.1) is 0 Å². The molecule has 1 heterocycles. The minimum atomic E-state index is 0.184. The second-order valence-corrected chi connectivity index (χ2v) is 9.10. The molecule has 0 aromatic rings. The number of nitrogens with one attached hydrogen (secondary N) is 3. The summed E-state index contributed by atoms with van der Waals surface area (Å²) in [5, 5.41) is 11.0. The lowest BCUT2D eigenvalue weighted by molar-refractivity contribution is 0.253. The van der Waals surface area contributed by atoms with Crippen molar-refractivity contribution in [3.05, 3.63) is 0 Å². The zero-order chi connectivity index (χ0) is 16.1. The molecule has 0 aliphatic carbocycles. The van der Waals surface area contributed by atoms with Crippen LogP contribution in [-0.2, 0) is 0 Å². The molecule has 2 atom stereocenters. The molecule has 2 unspecified atom stereocenters. The highest BCUT2D eigenvalue weighted by Gasteiger charge is 2.25. The molecule has 0 bridgehead atoms. The van der Waals surface area contributed by atoms with Gasteiger partial charge in [-0.25, -0.2) is 3.11 Å². The van der Waals surface area contributed by atoms with E-state index in [-0.39, 0.29) is 11.1 Å². The second-order valence-electron chi connectivity index (χ2n) is 7.86. The Balaban J connectivity index is 2.65. The monoisotopic (exact) mass is 410 g/mol. The topological polar surface area (TPSA) is 39.3 Å². The molecule has 0 spiro atoms. The molecule has 0 saturated carbocycles. The Bertz CT molecular complexity index is 307. The first kappa shape index (κ1) is 19.6. The summed E-state index contributed by atoms with van der Waals surface area (Å²) < 4.78 is 2.44. The van der Waals surface area contributed by atoms with Gasteiger partial charge >= 0.3 is 0 Å². The van der Waals surface area contributed by atoms with Crippen molar-refractivity contribution in [1.82, 2.24) is 19.1 Å². The van der Waals surface area contributed by atoms with E-state index in [9.17, 15) is 0 Å². The van der Waals surface area contributed by atoms with Gasteiger partial charge in [0.25, 0.3) is 0 Å². The third-order valence-electron chi connectivity index (χ3n) is 4.25. The van der Waals surface area contributed by atoms with Gasteiger partial charge in [-0.2, -0.15) is 0 Å². The van der Waals surface area contributed by atoms with E-state index in [1.807, 2.05) is 0 Å². The lowest BCUT2D eigenvalue weighted by Gasteiger charge is -2.35. The summed E-state index contributed by atoms with van der Waals surface area (Å²) in [7, 11) is 0. The van der Waals surface area contributed by atoms with Gasteiger partial charge in [-0.1, -0.05) is 0 Å². The van der Waals surface area contributed by atoms with Crippen LogP contribution in [0.15, 0.2) is 0 Å². The molecule has 4 nitrogen and oxygen atoms in total. The van der Waals surface area contributed by atoms with Crippen LogP contribution < -0.4 is 16.0 Å². The van der Waals surface area contributed by atoms with Gasteiger partial charge in [0, 0.05) is 72.2 Å². The van der Waals surface area contributed by atoms with Crippen molar-refractivity contribution in [3.8, 4) is 0 Å². The van der Waals surface area contributed by atoms with E-state index in [4.69, 9.17) is 0 Å². The molecule has 1 aliphatic heterocycles. The van der Waals surface area contributed by atoms with Crippen molar-refractivity contribution in [2.75, 3.05) is 26.2 Å². The maximum atomic E-state index is 3.71. The largest absolute Gasteiger partial charge is 0.313 e. The first-order valence-corrected chi connectivity index (χ1v) is 9.24. The quantitative estimate of drug-likeness (QED) is 0.424. The van der Waals surface area contributed by atoms with Gasteiger partial charge in [-0.3, -0.25) is 0 Å². The van der Waals surface area contributed by atoms with Crippen molar-refractivity contribution in [2.24, 2.45) is 0 Å². The first-order chi connectivity index (χ1) is 9.61. The zero-order valence-electron chi connectivity index (χ0n) is 14.7. The van der Waals surface area contributed by atoms with Gasteiger partial charge in [0.1, 0.15) is 0 Å². The van der Waals surface area contributed by atoms with E-state index >= 15 is 0 Å². The Morgan fingerprint density at radius 1 is 0.905 bits per heavy atom. The van der Waals surface area contributed by atoms with E-state index < -0.39 is 0 Å². The lowest BCUT2D eigenvalue weighted by Crippen LogP contribution is -2.51. The molecule has 0 aromatic heterocycles. The fourth-order valence-electron chi connectivity index (χ4n) is 3.26. The molecule has 1 aliphatic rings. The molecule has 1 fully saturated rings. The van der Waals surface area contributed by atoms with Crippen LogP contribution >= 0.6 is 22.9 Å². The number of hydrogen-bond donors (Lipinski definition) is 3. The fourth-order valence-corrected chi connectivity index (χ4v) is 3.70. The van der Waals surface area contributed by atoms with Crippen LogP contribution in [0, 0.1) is 0 Å². The molecule has 0 aromatic carbocycles. The average molecular weight is 410 g/mol. The van der Waals surface area contributed by atoms with Gasteiger partial charge in [0.15, 0.2) is 0 Å². The second kappa shape index (κ2) is 8.43. The van der Waals surface area contributed by atoms with Crippen molar-refractivity contribution in [3.63, 3.8) is 0 Å². The smallest absolute Gasteiger partial charge is 0.0209 e. The summed E-state index contributed by atoms with van der Waals surface area (Å²) in [6.07, 6.45) is 2.31. The molecule has 21 heavy (non-hydrogen) atoms. The first-order valence-electron chi connectivity index (χ1n) is 8.27. The molecule has 3 N–H and O–H groups in total. The normalized spacial score (nSPS) is 33.3. The zero-order valence-corrected chi connectivity index (χ0v) is 16.9. The highest BCUT2D eigenvalue weighted by atomic mass is 127. The van der Waals surface area contributed by atoms with E-state index in [1.165, 1.54) is 0 Å². The van der Waals surface area contributed by atoms with Crippen LogP contribution in [0.4, 0.5) is 0 Å². The number of halogens is 1. The minimum Gasteiger partial charge on any atom is -0.313 e. The number of hydrogen-bond acceptors (Lipinski definition) is 4. The van der Waals surface area contributed by atoms with Crippen LogP contribution in [0.25, 0.3) is 0 Å². The predicted octanol–water partition coefficient (Wildman–Crippen LogP) is 2.54. The highest BCUT2D eigenvalue weighted by Crippen LogP contribution is 2.19. The summed E-state index contributed by atoms with van der Waals surface area (Å²) >= 11 is 2.48. The maximum absolute atomic E-state index is 3.71. The van der Waals surface area contributed by atoms with Crippen molar-refractivity contribution >= 4 is 22.9 Å². The average Bonchev–Trinajstić information content (AvgIpc) is 2.32. The number of rotatable bonds is 0. The van der Waals surface area contributed by atoms with Crippen LogP contribution in [0.2, 0.25) is 0 Å². The Hall–Kier alpha value is 0.570. The molecular weight excluding hydrogens is 375 g/mol. The Kier molecular flexibility index (Phi) is 7.87. The van der Waals surface area contributed by atoms with E-state index in [1.54, 1.807) is 0 Å². The number of nitrogens with zero attached hydrogens (tertiary/aromatic N) is 1. The SMILES string of the molecule is CC1CC(C)(C)NCCN(I)C(C)CC(C)(C)NCCN1. The van der Waals surface area contributed by atoms with E-state index in [2.05, 4.69) is 83.5 Å². The van der Waals surface area contributed by atoms with Crippen molar-refractivity contribution < 1.29 is 0 Å². The standard InChI is InChI=1S/C16H35IN4/c1-13-11-15(3,4)20-9-10-21(17)14(2)12-16(5,6)19-8-7-18-13/h13-14,18-20H,7-12H2,1-6H3. The van der Waals surface area contributed by atoms with E-state index in [0.717, 1.165) is 39.0 Å². The molecule has 126 valence electrons. The van der Waals surface area contributed by atoms with E-state index in [0.29, 0.717) is 12.1 Å². The Morgan fingerprint density at radius 3 is 2.14 bits per heavy atom. The summed E-state index contributed by atoms with van der Waals surface area (Å²) in [4.78, 5) is 0. The summed E-state index contributed by atoms with van der Waals surface area (Å²) in [5.41, 5.74) is 0.370. The summed E-state index contributed by atoms with van der Waals surface area (Å²) in [5.74, 6) is 0.